The highest BCUT2D eigenvalue weighted by Gasteiger charge is 2.20. The van der Waals surface area contributed by atoms with Gasteiger partial charge in [-0.25, -0.2) is 0 Å². The molecule has 1 N–H and O–H groups in total. The van der Waals surface area contributed by atoms with E-state index in [1.807, 2.05) is 41.3 Å². The number of rotatable bonds is 3. The largest absolute Gasteiger partial charge is 0.383 e. The zero-order valence-electron chi connectivity index (χ0n) is 12.0. The Balaban J connectivity index is 1.72. The SMILES string of the molecule is O=C(CCc1ccncc1)N1CCCNc2ccccc21. The first-order valence-corrected chi connectivity index (χ1v) is 7.37. The molecule has 0 saturated heterocycles. The molecule has 21 heavy (non-hydrogen) atoms. The molecule has 1 aliphatic heterocycles. The maximum absolute atomic E-state index is 12.6. The fourth-order valence-corrected chi connectivity index (χ4v) is 2.63. The van der Waals surface area contributed by atoms with Crippen LogP contribution in [0, 0.1) is 0 Å². The lowest BCUT2D eigenvalue weighted by Gasteiger charge is -2.22. The van der Waals surface area contributed by atoms with E-state index < -0.39 is 0 Å². The van der Waals surface area contributed by atoms with Crippen LogP contribution in [0.1, 0.15) is 18.4 Å². The molecule has 0 atom stereocenters. The van der Waals surface area contributed by atoms with Gasteiger partial charge in [-0.05, 0) is 42.7 Å². The maximum Gasteiger partial charge on any atom is 0.227 e. The van der Waals surface area contributed by atoms with Gasteiger partial charge in [-0.15, -0.1) is 0 Å². The highest BCUT2D eigenvalue weighted by atomic mass is 16.2. The van der Waals surface area contributed by atoms with Crippen molar-refractivity contribution in [3.8, 4) is 0 Å². The molecule has 0 bridgehead atoms. The molecule has 0 spiro atoms. The number of benzene rings is 1. The van der Waals surface area contributed by atoms with Crippen LogP contribution in [0.2, 0.25) is 0 Å². The van der Waals surface area contributed by atoms with Crippen molar-refractivity contribution >= 4 is 17.3 Å². The summed E-state index contributed by atoms with van der Waals surface area (Å²) in [6.07, 6.45) is 5.79. The third-order valence-electron chi connectivity index (χ3n) is 3.75. The Morgan fingerprint density at radius 1 is 1.19 bits per heavy atom. The molecule has 4 nitrogen and oxygen atoms in total. The molecule has 0 saturated carbocycles. The summed E-state index contributed by atoms with van der Waals surface area (Å²) in [7, 11) is 0. The van der Waals surface area contributed by atoms with Crippen LogP contribution < -0.4 is 10.2 Å². The fourth-order valence-electron chi connectivity index (χ4n) is 2.63. The lowest BCUT2D eigenvalue weighted by atomic mass is 10.1. The average Bonchev–Trinajstić information content (AvgIpc) is 2.76. The summed E-state index contributed by atoms with van der Waals surface area (Å²) in [5.41, 5.74) is 3.20. The molecule has 1 aromatic heterocycles. The van der Waals surface area contributed by atoms with Crippen molar-refractivity contribution in [3.63, 3.8) is 0 Å². The maximum atomic E-state index is 12.6. The van der Waals surface area contributed by atoms with Crippen molar-refractivity contribution in [1.82, 2.24) is 4.98 Å². The summed E-state index contributed by atoms with van der Waals surface area (Å²) in [6.45, 7) is 1.68. The van der Waals surface area contributed by atoms with E-state index in [-0.39, 0.29) is 5.91 Å². The number of hydrogen-bond acceptors (Lipinski definition) is 3. The number of pyridine rings is 1. The monoisotopic (exact) mass is 281 g/mol. The third-order valence-corrected chi connectivity index (χ3v) is 3.75. The average molecular weight is 281 g/mol. The number of aryl methyl sites for hydroxylation is 1. The Labute approximate surface area is 124 Å². The smallest absolute Gasteiger partial charge is 0.227 e. The van der Waals surface area contributed by atoms with Crippen molar-refractivity contribution in [1.29, 1.82) is 0 Å². The van der Waals surface area contributed by atoms with Gasteiger partial charge < -0.3 is 10.2 Å². The van der Waals surface area contributed by atoms with Crippen molar-refractivity contribution in [3.05, 3.63) is 54.4 Å². The summed E-state index contributed by atoms with van der Waals surface area (Å²) in [6, 6.07) is 11.9. The van der Waals surface area contributed by atoms with Crippen molar-refractivity contribution in [2.45, 2.75) is 19.3 Å². The van der Waals surface area contributed by atoms with Gasteiger partial charge in [-0.1, -0.05) is 12.1 Å². The minimum absolute atomic E-state index is 0.183. The minimum Gasteiger partial charge on any atom is -0.383 e. The Bertz CT molecular complexity index is 612. The molecule has 2 aromatic rings. The molecule has 1 aliphatic rings. The van der Waals surface area contributed by atoms with E-state index >= 15 is 0 Å². The number of aromatic nitrogens is 1. The first kappa shape index (κ1) is 13.6. The van der Waals surface area contributed by atoms with Crippen LogP contribution in [-0.4, -0.2) is 24.0 Å². The predicted octanol–water partition coefficient (Wildman–Crippen LogP) is 2.86. The number of carbonyl (C=O) groups is 1. The number of carbonyl (C=O) groups excluding carboxylic acids is 1. The molecular formula is C17H19N3O. The van der Waals surface area contributed by atoms with Crippen LogP contribution in [0.15, 0.2) is 48.8 Å². The van der Waals surface area contributed by atoms with Gasteiger partial charge in [-0.3, -0.25) is 9.78 Å². The molecular weight excluding hydrogens is 262 g/mol. The molecule has 0 aliphatic carbocycles. The van der Waals surface area contributed by atoms with E-state index in [0.717, 1.165) is 42.9 Å². The number of amides is 1. The van der Waals surface area contributed by atoms with E-state index in [2.05, 4.69) is 10.3 Å². The first-order chi connectivity index (χ1) is 10.3. The lowest BCUT2D eigenvalue weighted by Crippen LogP contribution is -2.31. The van der Waals surface area contributed by atoms with Crippen LogP contribution in [0.3, 0.4) is 0 Å². The lowest BCUT2D eigenvalue weighted by molar-refractivity contribution is -0.118. The number of anilines is 2. The first-order valence-electron chi connectivity index (χ1n) is 7.37. The van der Waals surface area contributed by atoms with Gasteiger partial charge in [0.1, 0.15) is 0 Å². The van der Waals surface area contributed by atoms with E-state index in [4.69, 9.17) is 0 Å². The number of hydrogen-bond donors (Lipinski definition) is 1. The molecule has 3 rings (SSSR count). The van der Waals surface area contributed by atoms with Gasteiger partial charge in [-0.2, -0.15) is 0 Å². The second kappa shape index (κ2) is 6.39. The molecule has 1 amide bonds. The summed E-state index contributed by atoms with van der Waals surface area (Å²) >= 11 is 0. The van der Waals surface area contributed by atoms with E-state index in [0.29, 0.717) is 6.42 Å². The number of para-hydroxylation sites is 2. The standard InChI is InChI=1S/C17H19N3O/c21-17(7-6-14-8-11-18-12-9-14)20-13-3-10-19-15-4-1-2-5-16(15)20/h1-2,4-5,8-9,11-12,19H,3,6-7,10,13H2. The zero-order valence-corrected chi connectivity index (χ0v) is 12.0. The molecule has 0 radical (unpaired) electrons. The molecule has 0 fully saturated rings. The number of nitrogens with one attached hydrogen (secondary N) is 1. The number of nitrogens with zero attached hydrogens (tertiary/aromatic N) is 2. The highest BCUT2D eigenvalue weighted by molar-refractivity contribution is 5.97. The van der Waals surface area contributed by atoms with Crippen LogP contribution >= 0.6 is 0 Å². The molecule has 0 unspecified atom stereocenters. The fraction of sp³-hybridized carbons (Fsp3) is 0.294. The van der Waals surface area contributed by atoms with Gasteiger partial charge in [0.15, 0.2) is 0 Å². The zero-order chi connectivity index (χ0) is 14.5. The van der Waals surface area contributed by atoms with Crippen LogP contribution in [0.4, 0.5) is 11.4 Å². The van der Waals surface area contributed by atoms with Gasteiger partial charge in [0, 0.05) is 31.9 Å². The van der Waals surface area contributed by atoms with Gasteiger partial charge in [0.05, 0.1) is 11.4 Å². The van der Waals surface area contributed by atoms with E-state index in [1.54, 1.807) is 12.4 Å². The molecule has 108 valence electrons. The second-order valence-corrected chi connectivity index (χ2v) is 5.20. The third kappa shape index (κ3) is 3.21. The highest BCUT2D eigenvalue weighted by Crippen LogP contribution is 2.28. The van der Waals surface area contributed by atoms with Gasteiger partial charge in [0.2, 0.25) is 5.91 Å². The quantitative estimate of drug-likeness (QED) is 0.941. The van der Waals surface area contributed by atoms with Gasteiger partial charge in [0.25, 0.3) is 0 Å². The second-order valence-electron chi connectivity index (χ2n) is 5.20. The molecule has 4 heteroatoms. The van der Waals surface area contributed by atoms with Gasteiger partial charge >= 0.3 is 0 Å². The Kier molecular flexibility index (Phi) is 4.15. The normalized spacial score (nSPS) is 14.0. The van der Waals surface area contributed by atoms with Crippen molar-refractivity contribution < 1.29 is 4.79 Å². The Morgan fingerprint density at radius 3 is 2.86 bits per heavy atom. The van der Waals surface area contributed by atoms with Crippen molar-refractivity contribution in [2.75, 3.05) is 23.3 Å². The van der Waals surface area contributed by atoms with E-state index in [1.165, 1.54) is 0 Å². The van der Waals surface area contributed by atoms with Crippen LogP contribution in [0.25, 0.3) is 0 Å². The van der Waals surface area contributed by atoms with E-state index in [9.17, 15) is 4.79 Å². The summed E-state index contributed by atoms with van der Waals surface area (Å²) in [4.78, 5) is 18.5. The Hall–Kier alpha value is -2.36. The molecule has 2 heterocycles. The topological polar surface area (TPSA) is 45.2 Å². The number of fused-ring (bicyclic) bond motifs is 1. The van der Waals surface area contributed by atoms with Crippen LogP contribution in [-0.2, 0) is 11.2 Å². The summed E-state index contributed by atoms with van der Waals surface area (Å²) < 4.78 is 0. The predicted molar refractivity (Wildman–Crippen MR) is 84.5 cm³/mol. The molecule has 1 aromatic carbocycles. The summed E-state index contributed by atoms with van der Waals surface area (Å²) in [5.74, 6) is 0.183. The minimum atomic E-state index is 0.183. The van der Waals surface area contributed by atoms with Crippen molar-refractivity contribution in [2.24, 2.45) is 0 Å². The Morgan fingerprint density at radius 2 is 2.00 bits per heavy atom. The summed E-state index contributed by atoms with van der Waals surface area (Å²) in [5, 5.41) is 3.38. The van der Waals surface area contributed by atoms with Crippen LogP contribution in [0.5, 0.6) is 0 Å².